The zero-order chi connectivity index (χ0) is 24.2. The van der Waals surface area contributed by atoms with E-state index in [1.807, 2.05) is 60.7 Å². The Balaban J connectivity index is 1.83. The fraction of sp³-hybridized carbons (Fsp3) is 0.462. The minimum absolute atomic E-state index is 0.135. The zero-order valence-corrected chi connectivity index (χ0v) is 22.3. The largest absolute Gasteiger partial charge is 0.494 e. The van der Waals surface area contributed by atoms with Gasteiger partial charge in [-0.25, -0.2) is 0 Å². The Hall–Kier alpha value is -2.59. The predicted octanol–water partition coefficient (Wildman–Crippen LogP) is 6.92. The highest BCUT2D eigenvalue weighted by Gasteiger charge is 2.43. The van der Waals surface area contributed by atoms with Crippen molar-refractivity contribution in [1.82, 2.24) is 0 Å². The van der Waals surface area contributed by atoms with E-state index >= 15 is 0 Å². The molecule has 0 saturated heterocycles. The molecule has 2 aromatic carbocycles. The van der Waals surface area contributed by atoms with Crippen molar-refractivity contribution in [1.29, 1.82) is 10.5 Å². The van der Waals surface area contributed by atoms with E-state index in [0.29, 0.717) is 13.2 Å². The first kappa shape index (κ1) is 26.7. The topological polar surface area (TPSA) is 75.3 Å². The number of hydrogen-bond acceptors (Lipinski definition) is 5. The second kappa shape index (κ2) is 13.2. The molecule has 0 aliphatic rings. The van der Waals surface area contributed by atoms with E-state index in [4.69, 9.17) is 13.6 Å². The van der Waals surface area contributed by atoms with Crippen molar-refractivity contribution in [3.8, 4) is 23.6 Å². The highest BCUT2D eigenvalue weighted by molar-refractivity contribution is 6.86. The van der Waals surface area contributed by atoms with Crippen LogP contribution in [0.1, 0.15) is 25.7 Å². The minimum Gasteiger partial charge on any atom is -0.494 e. The van der Waals surface area contributed by atoms with Crippen molar-refractivity contribution >= 4 is 16.6 Å². The first-order chi connectivity index (χ1) is 15.8. The Morgan fingerprint density at radius 1 is 0.667 bits per heavy atom. The standard InChI is InChI=1S/C26H36N2O3Si2/c1-32(2,25(21-27)17-11-19-29-23-13-7-5-8-14-23)31-33(3,4)26(22-28)18-12-20-30-24-15-9-6-10-16-24/h5-10,13-16,25-26H,11-12,17-20H2,1-4H3. The van der Waals surface area contributed by atoms with Gasteiger partial charge >= 0.3 is 0 Å². The third kappa shape index (κ3) is 9.05. The lowest BCUT2D eigenvalue weighted by atomic mass is 10.2. The van der Waals surface area contributed by atoms with Gasteiger partial charge in [0.2, 0.25) is 0 Å². The third-order valence-corrected chi connectivity index (χ3v) is 14.2. The average Bonchev–Trinajstić information content (AvgIpc) is 2.79. The van der Waals surface area contributed by atoms with Gasteiger partial charge in [-0.1, -0.05) is 36.4 Å². The monoisotopic (exact) mass is 480 g/mol. The van der Waals surface area contributed by atoms with E-state index < -0.39 is 16.6 Å². The lowest BCUT2D eigenvalue weighted by molar-refractivity contribution is 0.305. The summed E-state index contributed by atoms with van der Waals surface area (Å²) in [5, 5.41) is 19.7. The van der Waals surface area contributed by atoms with Crippen LogP contribution in [-0.2, 0) is 4.12 Å². The molecule has 2 aromatic rings. The van der Waals surface area contributed by atoms with Gasteiger partial charge in [-0.05, 0) is 76.1 Å². The lowest BCUT2D eigenvalue weighted by Crippen LogP contribution is -2.49. The second-order valence-electron chi connectivity index (χ2n) is 9.28. The van der Waals surface area contributed by atoms with Gasteiger partial charge in [-0.2, -0.15) is 10.5 Å². The molecule has 0 aromatic heterocycles. The van der Waals surface area contributed by atoms with Gasteiger partial charge in [-0.3, -0.25) is 0 Å². The van der Waals surface area contributed by atoms with Crippen molar-refractivity contribution < 1.29 is 13.6 Å². The van der Waals surface area contributed by atoms with E-state index in [1.54, 1.807) is 0 Å². The Morgan fingerprint density at radius 3 is 1.36 bits per heavy atom. The fourth-order valence-corrected chi connectivity index (χ4v) is 12.9. The molecular weight excluding hydrogens is 444 g/mol. The molecule has 0 aliphatic carbocycles. The Kier molecular flexibility index (Phi) is 10.7. The van der Waals surface area contributed by atoms with Gasteiger partial charge < -0.3 is 13.6 Å². The third-order valence-electron chi connectivity index (χ3n) is 5.81. The van der Waals surface area contributed by atoms with Crippen LogP contribution < -0.4 is 9.47 Å². The average molecular weight is 481 g/mol. The quantitative estimate of drug-likeness (QED) is 0.217. The highest BCUT2D eigenvalue weighted by Crippen LogP contribution is 2.36. The summed E-state index contributed by atoms with van der Waals surface area (Å²) in [4.78, 5) is 0. The zero-order valence-electron chi connectivity index (χ0n) is 20.3. The molecule has 0 fully saturated rings. The van der Waals surface area contributed by atoms with Crippen LogP contribution in [0.5, 0.6) is 11.5 Å². The predicted molar refractivity (Wildman–Crippen MR) is 137 cm³/mol. The molecule has 2 rings (SSSR count). The van der Waals surface area contributed by atoms with E-state index in [0.717, 1.165) is 37.2 Å². The maximum absolute atomic E-state index is 9.85. The molecular formula is C26H36N2O3Si2. The van der Waals surface area contributed by atoms with E-state index in [1.165, 1.54) is 0 Å². The van der Waals surface area contributed by atoms with Gasteiger partial charge in [0, 0.05) is 0 Å². The number of nitrogens with zero attached hydrogens (tertiary/aromatic N) is 2. The molecule has 2 atom stereocenters. The molecule has 0 bridgehead atoms. The van der Waals surface area contributed by atoms with E-state index in [9.17, 15) is 10.5 Å². The van der Waals surface area contributed by atoms with Crippen molar-refractivity contribution in [2.45, 2.75) is 63.0 Å². The number of nitriles is 2. The van der Waals surface area contributed by atoms with Crippen molar-refractivity contribution in [2.75, 3.05) is 13.2 Å². The van der Waals surface area contributed by atoms with Gasteiger partial charge in [-0.15, -0.1) is 0 Å². The molecule has 0 N–H and O–H groups in total. The first-order valence-corrected chi connectivity index (χ1v) is 17.6. The number of rotatable bonds is 14. The summed E-state index contributed by atoms with van der Waals surface area (Å²) in [6, 6.07) is 24.4. The summed E-state index contributed by atoms with van der Waals surface area (Å²) >= 11 is 0. The van der Waals surface area contributed by atoms with Crippen LogP contribution in [0.25, 0.3) is 0 Å². The van der Waals surface area contributed by atoms with Crippen LogP contribution in [0.4, 0.5) is 0 Å². The molecule has 176 valence electrons. The molecule has 7 heteroatoms. The summed E-state index contributed by atoms with van der Waals surface area (Å²) in [5.41, 5.74) is -0.270. The van der Waals surface area contributed by atoms with Gasteiger partial charge in [0.15, 0.2) is 16.6 Å². The van der Waals surface area contributed by atoms with Crippen molar-refractivity contribution in [3.05, 3.63) is 60.7 Å². The first-order valence-electron chi connectivity index (χ1n) is 11.6. The van der Waals surface area contributed by atoms with E-state index in [2.05, 4.69) is 38.3 Å². The smallest absolute Gasteiger partial charge is 0.190 e. The second-order valence-corrected chi connectivity index (χ2v) is 17.9. The molecule has 0 radical (unpaired) electrons. The van der Waals surface area contributed by atoms with E-state index in [-0.39, 0.29) is 11.1 Å². The van der Waals surface area contributed by atoms with Crippen LogP contribution in [0.2, 0.25) is 37.3 Å². The maximum atomic E-state index is 9.85. The molecule has 33 heavy (non-hydrogen) atoms. The van der Waals surface area contributed by atoms with Crippen LogP contribution in [0.3, 0.4) is 0 Å². The molecule has 5 nitrogen and oxygen atoms in total. The van der Waals surface area contributed by atoms with Crippen LogP contribution in [0, 0.1) is 22.7 Å². The Bertz CT molecular complexity index is 833. The highest BCUT2D eigenvalue weighted by atomic mass is 28.4. The van der Waals surface area contributed by atoms with Crippen LogP contribution in [0.15, 0.2) is 60.7 Å². The lowest BCUT2D eigenvalue weighted by Gasteiger charge is -2.38. The van der Waals surface area contributed by atoms with Crippen molar-refractivity contribution in [2.24, 2.45) is 0 Å². The number of benzene rings is 2. The Labute approximate surface area is 201 Å². The molecule has 0 heterocycles. The summed E-state index contributed by atoms with van der Waals surface area (Å²) in [6.45, 7) is 9.61. The van der Waals surface area contributed by atoms with Gasteiger partial charge in [0.1, 0.15) is 11.5 Å². The SMILES string of the molecule is C[Si](C)(O[Si](C)(C)C(C#N)CCCOc1ccccc1)C(C#N)CCCOc1ccccc1. The molecule has 0 amide bonds. The Morgan fingerprint density at radius 2 is 1.03 bits per heavy atom. The van der Waals surface area contributed by atoms with Gasteiger partial charge in [0.05, 0.1) is 36.4 Å². The normalized spacial score (nSPS) is 13.4. The summed E-state index contributed by atoms with van der Waals surface area (Å²) in [5.74, 6) is 1.70. The number of hydrogen-bond donors (Lipinski definition) is 0. The van der Waals surface area contributed by atoms with Crippen molar-refractivity contribution in [3.63, 3.8) is 0 Å². The van der Waals surface area contributed by atoms with Crippen LogP contribution >= 0.6 is 0 Å². The molecule has 0 saturated carbocycles. The number of ether oxygens (including phenoxy) is 2. The summed E-state index contributed by atoms with van der Waals surface area (Å²) < 4.78 is 18.3. The summed E-state index contributed by atoms with van der Waals surface area (Å²) in [7, 11) is -4.63. The molecule has 0 spiro atoms. The minimum atomic E-state index is -2.31. The maximum Gasteiger partial charge on any atom is 0.190 e. The van der Waals surface area contributed by atoms with Gasteiger partial charge in [0.25, 0.3) is 0 Å². The summed E-state index contributed by atoms with van der Waals surface area (Å²) in [6.07, 6.45) is 3.09. The molecule has 0 aliphatic heterocycles. The number of para-hydroxylation sites is 2. The fourth-order valence-electron chi connectivity index (χ4n) is 3.94. The molecule has 2 unspecified atom stereocenters. The van der Waals surface area contributed by atoms with Crippen LogP contribution in [-0.4, -0.2) is 29.8 Å².